The van der Waals surface area contributed by atoms with E-state index in [0.29, 0.717) is 0 Å². The summed E-state index contributed by atoms with van der Waals surface area (Å²) >= 11 is 1.50. The highest BCUT2D eigenvalue weighted by molar-refractivity contribution is 7.08. The molecule has 1 heterocycles. The van der Waals surface area contributed by atoms with Crippen molar-refractivity contribution in [1.29, 1.82) is 0 Å². The highest BCUT2D eigenvalue weighted by Crippen LogP contribution is 2.25. The van der Waals surface area contributed by atoms with E-state index in [9.17, 15) is 4.79 Å². The SMILES string of the molecule is CC(C)(C)N(C(=O)O)c1ccsc1. The van der Waals surface area contributed by atoms with Crippen molar-refractivity contribution < 1.29 is 9.90 Å². The Hall–Kier alpha value is -1.03. The van der Waals surface area contributed by atoms with E-state index in [2.05, 4.69) is 0 Å². The second-order valence-corrected chi connectivity index (χ2v) is 4.55. The highest BCUT2D eigenvalue weighted by atomic mass is 32.1. The van der Waals surface area contributed by atoms with Gasteiger partial charge in [0.2, 0.25) is 0 Å². The van der Waals surface area contributed by atoms with Crippen LogP contribution in [0.3, 0.4) is 0 Å². The molecule has 1 amide bonds. The first-order valence-electron chi connectivity index (χ1n) is 3.98. The maximum Gasteiger partial charge on any atom is 0.412 e. The van der Waals surface area contributed by atoms with Gasteiger partial charge in [-0.1, -0.05) is 0 Å². The third-order valence-corrected chi connectivity index (χ3v) is 2.30. The largest absolute Gasteiger partial charge is 0.465 e. The van der Waals surface area contributed by atoms with Gasteiger partial charge >= 0.3 is 6.09 Å². The van der Waals surface area contributed by atoms with Crippen molar-refractivity contribution in [3.63, 3.8) is 0 Å². The molecule has 0 atom stereocenters. The Kier molecular flexibility index (Phi) is 2.61. The minimum atomic E-state index is -0.911. The summed E-state index contributed by atoms with van der Waals surface area (Å²) in [7, 11) is 0. The summed E-state index contributed by atoms with van der Waals surface area (Å²) in [5.41, 5.74) is 0.345. The smallest absolute Gasteiger partial charge is 0.412 e. The molecule has 1 aromatic rings. The van der Waals surface area contributed by atoms with Gasteiger partial charge in [-0.2, -0.15) is 11.3 Å². The summed E-state index contributed by atoms with van der Waals surface area (Å²) < 4.78 is 0. The molecule has 0 bridgehead atoms. The molecule has 1 aromatic heterocycles. The zero-order chi connectivity index (χ0) is 10.1. The van der Waals surface area contributed by atoms with Crippen molar-refractivity contribution in [2.75, 3.05) is 4.90 Å². The molecule has 1 N–H and O–H groups in total. The summed E-state index contributed by atoms with van der Waals surface area (Å²) in [6, 6.07) is 1.81. The minimum absolute atomic E-state index is 0.396. The van der Waals surface area contributed by atoms with Gasteiger partial charge in [0.1, 0.15) is 0 Å². The topological polar surface area (TPSA) is 40.5 Å². The van der Waals surface area contributed by atoms with Gasteiger partial charge in [-0.05, 0) is 32.2 Å². The van der Waals surface area contributed by atoms with Gasteiger partial charge in [0, 0.05) is 10.9 Å². The second kappa shape index (κ2) is 3.38. The van der Waals surface area contributed by atoms with Crippen LogP contribution in [0.15, 0.2) is 16.8 Å². The van der Waals surface area contributed by atoms with Crippen molar-refractivity contribution in [3.8, 4) is 0 Å². The molecule has 0 fully saturated rings. The molecule has 0 radical (unpaired) electrons. The lowest BCUT2D eigenvalue weighted by molar-refractivity contribution is 0.195. The van der Waals surface area contributed by atoms with Crippen LogP contribution in [0.1, 0.15) is 20.8 Å². The Balaban J connectivity index is 3.01. The third-order valence-electron chi connectivity index (χ3n) is 1.63. The maximum absolute atomic E-state index is 11.0. The number of nitrogens with zero attached hydrogens (tertiary/aromatic N) is 1. The molecular formula is C9H13NO2S. The molecule has 0 unspecified atom stereocenters. The minimum Gasteiger partial charge on any atom is -0.465 e. The van der Waals surface area contributed by atoms with Gasteiger partial charge in [0.05, 0.1) is 5.69 Å². The first-order valence-corrected chi connectivity index (χ1v) is 4.92. The Morgan fingerprint density at radius 1 is 1.54 bits per heavy atom. The summed E-state index contributed by atoms with van der Waals surface area (Å²) in [4.78, 5) is 12.3. The average Bonchev–Trinajstić information content (AvgIpc) is 2.34. The average molecular weight is 199 g/mol. The molecule has 0 aliphatic rings. The number of hydrogen-bond donors (Lipinski definition) is 1. The van der Waals surface area contributed by atoms with Crippen LogP contribution in [0, 0.1) is 0 Å². The summed E-state index contributed by atoms with van der Waals surface area (Å²) in [6.07, 6.45) is -0.911. The molecule has 0 aliphatic carbocycles. The molecule has 0 saturated carbocycles. The van der Waals surface area contributed by atoms with Crippen LogP contribution in [-0.2, 0) is 0 Å². The lowest BCUT2D eigenvalue weighted by Crippen LogP contribution is -2.44. The van der Waals surface area contributed by atoms with Crippen LogP contribution >= 0.6 is 11.3 Å². The molecule has 1 rings (SSSR count). The number of hydrogen-bond acceptors (Lipinski definition) is 2. The van der Waals surface area contributed by atoms with Crippen LogP contribution in [0.4, 0.5) is 10.5 Å². The zero-order valence-corrected chi connectivity index (χ0v) is 8.76. The molecule has 0 spiro atoms. The van der Waals surface area contributed by atoms with Crippen LogP contribution < -0.4 is 4.90 Å². The molecule has 4 heteroatoms. The molecule has 0 aliphatic heterocycles. The predicted molar refractivity (Wildman–Crippen MR) is 54.6 cm³/mol. The van der Waals surface area contributed by atoms with Gasteiger partial charge in [-0.3, -0.25) is 4.90 Å². The second-order valence-electron chi connectivity index (χ2n) is 3.77. The van der Waals surface area contributed by atoms with Crippen LogP contribution in [0.2, 0.25) is 0 Å². The maximum atomic E-state index is 11.0. The number of carbonyl (C=O) groups is 1. The number of amides is 1. The molecule has 0 aromatic carbocycles. The lowest BCUT2D eigenvalue weighted by Gasteiger charge is -2.32. The molecule has 3 nitrogen and oxygen atoms in total. The Morgan fingerprint density at radius 2 is 2.15 bits per heavy atom. The van der Waals surface area contributed by atoms with Crippen molar-refractivity contribution in [1.82, 2.24) is 0 Å². The summed E-state index contributed by atoms with van der Waals surface area (Å²) in [5.74, 6) is 0. The van der Waals surface area contributed by atoms with E-state index in [4.69, 9.17) is 5.11 Å². The van der Waals surface area contributed by atoms with Gasteiger partial charge in [0.15, 0.2) is 0 Å². The van der Waals surface area contributed by atoms with Crippen LogP contribution in [-0.4, -0.2) is 16.7 Å². The van der Waals surface area contributed by atoms with E-state index in [0.717, 1.165) is 5.69 Å². The fraction of sp³-hybridized carbons (Fsp3) is 0.444. The molecule has 13 heavy (non-hydrogen) atoms. The van der Waals surface area contributed by atoms with Crippen LogP contribution in [0.5, 0.6) is 0 Å². The standard InChI is InChI=1S/C9H13NO2S/c1-9(2,3)10(8(11)12)7-4-5-13-6-7/h4-6H,1-3H3,(H,11,12). The van der Waals surface area contributed by atoms with E-state index in [1.165, 1.54) is 16.2 Å². The van der Waals surface area contributed by atoms with Gasteiger partial charge in [0.25, 0.3) is 0 Å². The monoisotopic (exact) mass is 199 g/mol. The molecule has 72 valence electrons. The zero-order valence-electron chi connectivity index (χ0n) is 7.94. The number of carboxylic acid groups (broad SMARTS) is 1. The quantitative estimate of drug-likeness (QED) is 0.755. The van der Waals surface area contributed by atoms with Crippen molar-refractivity contribution in [3.05, 3.63) is 16.8 Å². The number of anilines is 1. The van der Waals surface area contributed by atoms with E-state index >= 15 is 0 Å². The van der Waals surface area contributed by atoms with Crippen molar-refractivity contribution in [2.24, 2.45) is 0 Å². The summed E-state index contributed by atoms with van der Waals surface area (Å²) in [6.45, 7) is 5.62. The Bertz CT molecular complexity index is 287. The van der Waals surface area contributed by atoms with Gasteiger partial charge in [-0.25, -0.2) is 4.79 Å². The fourth-order valence-corrected chi connectivity index (χ4v) is 1.79. The van der Waals surface area contributed by atoms with E-state index in [1.807, 2.05) is 37.6 Å². The van der Waals surface area contributed by atoms with E-state index < -0.39 is 11.6 Å². The third kappa shape index (κ3) is 2.21. The van der Waals surface area contributed by atoms with Crippen molar-refractivity contribution >= 4 is 23.1 Å². The van der Waals surface area contributed by atoms with Gasteiger partial charge in [-0.15, -0.1) is 0 Å². The van der Waals surface area contributed by atoms with Crippen LogP contribution in [0.25, 0.3) is 0 Å². The summed E-state index contributed by atoms with van der Waals surface area (Å²) in [5, 5.41) is 12.7. The van der Waals surface area contributed by atoms with E-state index in [1.54, 1.807) is 0 Å². The number of thiophene rings is 1. The number of rotatable bonds is 1. The first-order chi connectivity index (χ1) is 5.93. The van der Waals surface area contributed by atoms with E-state index in [-0.39, 0.29) is 0 Å². The fourth-order valence-electron chi connectivity index (χ4n) is 1.17. The Labute approximate surface area is 81.6 Å². The van der Waals surface area contributed by atoms with Crippen molar-refractivity contribution in [2.45, 2.75) is 26.3 Å². The predicted octanol–water partition coefficient (Wildman–Crippen LogP) is 3.03. The molecular weight excluding hydrogens is 186 g/mol. The Morgan fingerprint density at radius 3 is 2.46 bits per heavy atom. The van der Waals surface area contributed by atoms with Gasteiger partial charge < -0.3 is 5.11 Å². The highest BCUT2D eigenvalue weighted by Gasteiger charge is 2.27. The normalized spacial score (nSPS) is 11.3. The molecule has 0 saturated heterocycles. The first kappa shape index (κ1) is 10.1. The lowest BCUT2D eigenvalue weighted by atomic mass is 10.1.